The number of nitriles is 1. The maximum Gasteiger partial charge on any atom is 0.263 e. The van der Waals surface area contributed by atoms with E-state index < -0.39 is 0 Å². The van der Waals surface area contributed by atoms with Crippen LogP contribution in [-0.4, -0.2) is 39.3 Å². The van der Waals surface area contributed by atoms with Crippen molar-refractivity contribution in [2.45, 2.75) is 7.43 Å². The van der Waals surface area contributed by atoms with E-state index in [1.165, 1.54) is 18.5 Å². The zero-order valence-electron chi connectivity index (χ0n) is 19.7. The summed E-state index contributed by atoms with van der Waals surface area (Å²) in [5.41, 5.74) is 4.58. The molecule has 15 heteroatoms. The standard InChI is InChI=1S/C8H5ClN4.C7H6ClN3O.C7H6ClN3.CH4.Y/c1-13-8-6(9)2-5(3-10)12-7(8)4-11-13;1-10-7-5(8)2-3-11(12)6(7)4-9-10;1-11-7-5(8)2-3-9-6(7)4-10-11;;/h2,4H,1H3;2-4H,1H3;2-4H,1H3;1H4;. The van der Waals surface area contributed by atoms with Gasteiger partial charge in [0.1, 0.15) is 40.0 Å². The summed E-state index contributed by atoms with van der Waals surface area (Å²) in [6.45, 7) is 0. The summed E-state index contributed by atoms with van der Waals surface area (Å²) in [4.78, 5) is 8.14. The summed E-state index contributed by atoms with van der Waals surface area (Å²) in [5.74, 6) is 0. The molecule has 0 aromatic carbocycles. The van der Waals surface area contributed by atoms with Gasteiger partial charge in [-0.1, -0.05) is 42.2 Å². The summed E-state index contributed by atoms with van der Waals surface area (Å²) in [6, 6.07) is 6.78. The number of halogens is 3. The van der Waals surface area contributed by atoms with Crippen LogP contribution in [0.25, 0.3) is 33.1 Å². The van der Waals surface area contributed by atoms with Gasteiger partial charge in [0.25, 0.3) is 5.52 Å². The molecule has 1 radical (unpaired) electrons. The Bertz CT molecular complexity index is 1760. The Kier molecular flexibility index (Phi) is 10.9. The Hall–Kier alpha value is -2.88. The molecule has 0 saturated carbocycles. The molecule has 6 heterocycles. The third-order valence-electron chi connectivity index (χ3n) is 5.08. The van der Waals surface area contributed by atoms with Crippen molar-refractivity contribution in [1.82, 2.24) is 39.3 Å². The van der Waals surface area contributed by atoms with E-state index in [1.54, 1.807) is 58.9 Å². The number of rotatable bonds is 0. The van der Waals surface area contributed by atoms with Gasteiger partial charge in [0.2, 0.25) is 0 Å². The van der Waals surface area contributed by atoms with E-state index in [1.807, 2.05) is 13.1 Å². The van der Waals surface area contributed by atoms with Crippen molar-refractivity contribution in [3.63, 3.8) is 0 Å². The second-order valence-corrected chi connectivity index (χ2v) is 8.61. The van der Waals surface area contributed by atoms with Crippen LogP contribution < -0.4 is 4.73 Å². The first-order chi connectivity index (χ1) is 17.2. The molecule has 0 atom stereocenters. The first-order valence-corrected chi connectivity index (χ1v) is 11.3. The van der Waals surface area contributed by atoms with Crippen LogP contribution in [0.5, 0.6) is 0 Å². The molecule has 6 aromatic rings. The Balaban J connectivity index is 0.000000196. The number of hydrogen-bond donors (Lipinski definition) is 0. The number of aryl methyl sites for hydroxylation is 3. The molecule has 11 nitrogen and oxygen atoms in total. The number of fused-ring (bicyclic) bond motifs is 3. The van der Waals surface area contributed by atoms with E-state index in [0.29, 0.717) is 37.3 Å². The van der Waals surface area contributed by atoms with E-state index in [-0.39, 0.29) is 40.1 Å². The summed E-state index contributed by atoms with van der Waals surface area (Å²) < 4.78 is 5.66. The predicted molar refractivity (Wildman–Crippen MR) is 143 cm³/mol. The molecular formula is C23H21Cl3N10OY. The van der Waals surface area contributed by atoms with Crippen LogP contribution >= 0.6 is 34.8 Å². The molecule has 0 aliphatic carbocycles. The van der Waals surface area contributed by atoms with Gasteiger partial charge in [-0.25, -0.2) is 4.98 Å². The molecule has 0 spiro atoms. The number of pyridine rings is 3. The second kappa shape index (κ2) is 13.3. The van der Waals surface area contributed by atoms with Crippen molar-refractivity contribution in [2.75, 3.05) is 0 Å². The normalized spacial score (nSPS) is 10.0. The topological polar surface area (TPSA) is 130 Å². The van der Waals surface area contributed by atoms with Gasteiger partial charge >= 0.3 is 0 Å². The van der Waals surface area contributed by atoms with Crippen molar-refractivity contribution in [2.24, 2.45) is 21.1 Å². The molecule has 0 fully saturated rings. The average Bonchev–Trinajstić information content (AvgIpc) is 3.55. The fourth-order valence-electron chi connectivity index (χ4n) is 3.41. The van der Waals surface area contributed by atoms with Gasteiger partial charge in [0.15, 0.2) is 11.7 Å². The SMILES string of the molecule is C.Cn1ncc2c1c(Cl)cc[n+]2[O-].Cn1ncc2nc(C#N)cc(Cl)c21.Cn1ncc2nccc(Cl)c21.[Y]. The van der Waals surface area contributed by atoms with Crippen molar-refractivity contribution in [3.05, 3.63) is 75.2 Å². The molecule has 0 bridgehead atoms. The zero-order chi connectivity index (χ0) is 26.0. The maximum absolute atomic E-state index is 11.1. The quantitative estimate of drug-likeness (QED) is 0.174. The molecule has 0 unspecified atom stereocenters. The van der Waals surface area contributed by atoms with Gasteiger partial charge in [0, 0.05) is 66.1 Å². The molecule has 0 aliphatic rings. The van der Waals surface area contributed by atoms with Crippen LogP contribution in [0.4, 0.5) is 0 Å². The van der Waals surface area contributed by atoms with E-state index >= 15 is 0 Å². The Morgan fingerprint density at radius 2 is 1.39 bits per heavy atom. The minimum absolute atomic E-state index is 0. The first kappa shape index (κ1) is 31.3. The smallest absolute Gasteiger partial charge is 0.263 e. The zero-order valence-corrected chi connectivity index (χ0v) is 24.8. The second-order valence-electron chi connectivity index (χ2n) is 7.39. The monoisotopic (exact) mass is 647 g/mol. The van der Waals surface area contributed by atoms with Crippen LogP contribution in [0.3, 0.4) is 0 Å². The minimum Gasteiger partial charge on any atom is -0.618 e. The maximum atomic E-state index is 11.1. The summed E-state index contributed by atoms with van der Waals surface area (Å²) in [5, 5.41) is 33.5. The predicted octanol–water partition coefficient (Wildman–Crippen LogP) is 4.61. The number of hydrogen-bond acceptors (Lipinski definition) is 7. The van der Waals surface area contributed by atoms with Gasteiger partial charge in [-0.15, -0.1) is 0 Å². The van der Waals surface area contributed by atoms with Crippen LogP contribution in [0.15, 0.2) is 49.2 Å². The number of nitrogens with zero attached hydrogens (tertiary/aromatic N) is 10. The molecule has 0 aliphatic heterocycles. The summed E-state index contributed by atoms with van der Waals surface area (Å²) >= 11 is 17.7. The van der Waals surface area contributed by atoms with Crippen molar-refractivity contribution < 1.29 is 37.4 Å². The van der Waals surface area contributed by atoms with Crippen LogP contribution in [0, 0.1) is 16.5 Å². The van der Waals surface area contributed by atoms with E-state index in [0.717, 1.165) is 21.3 Å². The molecular weight excluding hydrogens is 628 g/mol. The summed E-state index contributed by atoms with van der Waals surface area (Å²) in [6.07, 6.45) is 7.82. The van der Waals surface area contributed by atoms with Gasteiger partial charge in [0.05, 0.1) is 27.5 Å². The van der Waals surface area contributed by atoms with Crippen LogP contribution in [0.2, 0.25) is 15.1 Å². The Labute approximate surface area is 258 Å². The Morgan fingerprint density at radius 1 is 0.842 bits per heavy atom. The van der Waals surface area contributed by atoms with Crippen molar-refractivity contribution in [1.29, 1.82) is 5.26 Å². The molecule has 6 rings (SSSR count). The van der Waals surface area contributed by atoms with E-state index in [4.69, 9.17) is 40.1 Å². The first-order valence-electron chi connectivity index (χ1n) is 10.2. The Morgan fingerprint density at radius 3 is 2.00 bits per heavy atom. The van der Waals surface area contributed by atoms with Gasteiger partial charge < -0.3 is 5.21 Å². The number of aromatic nitrogens is 9. The molecule has 0 N–H and O–H groups in total. The van der Waals surface area contributed by atoms with Crippen molar-refractivity contribution in [3.8, 4) is 6.07 Å². The van der Waals surface area contributed by atoms with E-state index in [9.17, 15) is 5.21 Å². The third-order valence-corrected chi connectivity index (χ3v) is 5.98. The minimum atomic E-state index is 0. The van der Waals surface area contributed by atoms with Crippen LogP contribution in [-0.2, 0) is 53.9 Å². The summed E-state index contributed by atoms with van der Waals surface area (Å²) in [7, 11) is 5.37. The van der Waals surface area contributed by atoms with Crippen LogP contribution in [0.1, 0.15) is 13.1 Å². The largest absolute Gasteiger partial charge is 0.618 e. The average molecular weight is 649 g/mol. The fraction of sp³-hybridized carbons (Fsp3) is 0.174. The van der Waals surface area contributed by atoms with Gasteiger partial charge in [-0.05, 0) is 12.1 Å². The third kappa shape index (κ3) is 6.39. The van der Waals surface area contributed by atoms with Crippen molar-refractivity contribution >= 4 is 67.9 Å². The van der Waals surface area contributed by atoms with Gasteiger partial charge in [-0.2, -0.15) is 25.3 Å². The fourth-order valence-corrected chi connectivity index (χ4v) is 4.28. The van der Waals surface area contributed by atoms with Gasteiger partial charge in [-0.3, -0.25) is 19.0 Å². The molecule has 0 amide bonds. The molecule has 0 saturated heterocycles. The molecule has 6 aromatic heterocycles. The van der Waals surface area contributed by atoms with E-state index in [2.05, 4.69) is 25.3 Å². The molecule has 193 valence electrons. The molecule has 38 heavy (non-hydrogen) atoms.